The minimum Gasteiger partial charge on any atom is -0.410 e. The number of benzene rings is 2. The fourth-order valence-electron chi connectivity index (χ4n) is 3.91. The molecule has 5 heteroatoms. The summed E-state index contributed by atoms with van der Waals surface area (Å²) in [4.78, 5) is 11.5. The number of hydrogen-bond donors (Lipinski definition) is 2. The summed E-state index contributed by atoms with van der Waals surface area (Å²) in [6.45, 7) is 0.859. The molecule has 1 atom stereocenters. The van der Waals surface area contributed by atoms with E-state index in [0.717, 1.165) is 19.4 Å². The van der Waals surface area contributed by atoms with Crippen molar-refractivity contribution in [1.29, 1.82) is 0 Å². The molecule has 1 unspecified atom stereocenters. The third-order valence-corrected chi connectivity index (χ3v) is 5.15. The fraction of sp³-hybridized carbons (Fsp3) is 0.286. The average molecular weight is 349 g/mol. The largest absolute Gasteiger partial charge is 0.412 e. The number of fused-ring (bicyclic) bond motifs is 3. The number of rotatable bonds is 4. The smallest absolute Gasteiger partial charge is 0.410 e. The number of ether oxygens (including phenoxy) is 1. The quantitative estimate of drug-likeness (QED) is 0.755. The van der Waals surface area contributed by atoms with Gasteiger partial charge in [-0.15, -0.1) is 0 Å². The van der Waals surface area contributed by atoms with Crippen LogP contribution in [-0.2, 0) is 20.0 Å². The highest BCUT2D eigenvalue weighted by Crippen LogP contribution is 2.39. The summed E-state index contributed by atoms with van der Waals surface area (Å²) in [5.74, 6) is 0.575. The number of hydrogen-bond acceptors (Lipinski definition) is 3. The zero-order valence-corrected chi connectivity index (χ0v) is 15.1. The lowest BCUT2D eigenvalue weighted by atomic mass is 10.1. The molecule has 5 nitrogen and oxygen atoms in total. The van der Waals surface area contributed by atoms with Crippen molar-refractivity contribution in [3.05, 3.63) is 65.4 Å². The highest BCUT2D eigenvalue weighted by atomic mass is 16.5. The summed E-state index contributed by atoms with van der Waals surface area (Å²) < 4.78 is 7.57. The molecule has 0 saturated carbocycles. The molecule has 0 radical (unpaired) electrons. The Bertz CT molecular complexity index is 947. The maximum Gasteiger partial charge on any atom is 0.412 e. The molecule has 2 aromatic carbocycles. The highest BCUT2D eigenvalue weighted by molar-refractivity contribution is 5.88. The van der Waals surface area contributed by atoms with E-state index >= 15 is 0 Å². The van der Waals surface area contributed by atoms with Crippen LogP contribution in [0.4, 0.5) is 4.79 Å². The third-order valence-electron chi connectivity index (χ3n) is 5.15. The zero-order valence-electron chi connectivity index (χ0n) is 15.1. The molecular formula is C21H23N3O2. The van der Waals surface area contributed by atoms with Crippen LogP contribution in [0.1, 0.15) is 29.3 Å². The number of nitrogens with one attached hydrogen (secondary N) is 2. The van der Waals surface area contributed by atoms with E-state index in [1.165, 1.54) is 27.7 Å². The van der Waals surface area contributed by atoms with Crippen molar-refractivity contribution in [2.75, 3.05) is 7.05 Å². The Labute approximate surface area is 153 Å². The van der Waals surface area contributed by atoms with E-state index in [4.69, 9.17) is 4.74 Å². The normalized spacial score (nSPS) is 15.8. The van der Waals surface area contributed by atoms with E-state index in [1.807, 2.05) is 24.3 Å². The molecule has 0 saturated heterocycles. The van der Waals surface area contributed by atoms with Crippen LogP contribution < -0.4 is 15.4 Å². The molecule has 26 heavy (non-hydrogen) atoms. The maximum absolute atomic E-state index is 11.5. The highest BCUT2D eigenvalue weighted by Gasteiger charge is 2.28. The Morgan fingerprint density at radius 2 is 2.04 bits per heavy atom. The molecule has 1 aliphatic carbocycles. The first-order valence-corrected chi connectivity index (χ1v) is 8.95. The second-order valence-electron chi connectivity index (χ2n) is 6.70. The Balaban J connectivity index is 1.61. The molecule has 0 spiro atoms. The van der Waals surface area contributed by atoms with Crippen molar-refractivity contribution in [2.24, 2.45) is 7.05 Å². The molecule has 3 aromatic rings. The summed E-state index contributed by atoms with van der Waals surface area (Å²) >= 11 is 0. The van der Waals surface area contributed by atoms with Gasteiger partial charge in [-0.25, -0.2) is 4.79 Å². The second-order valence-corrected chi connectivity index (χ2v) is 6.70. The van der Waals surface area contributed by atoms with Gasteiger partial charge in [0.25, 0.3) is 0 Å². The van der Waals surface area contributed by atoms with Gasteiger partial charge in [-0.3, -0.25) is 0 Å². The minimum atomic E-state index is -0.445. The van der Waals surface area contributed by atoms with Crippen LogP contribution in [-0.4, -0.2) is 17.7 Å². The van der Waals surface area contributed by atoms with Crippen LogP contribution in [0.2, 0.25) is 0 Å². The Morgan fingerprint density at radius 3 is 2.81 bits per heavy atom. The molecule has 0 fully saturated rings. The number of aryl methyl sites for hydroxylation is 2. The molecule has 1 heterocycles. The monoisotopic (exact) mass is 349 g/mol. The van der Waals surface area contributed by atoms with Gasteiger partial charge in [0.2, 0.25) is 0 Å². The molecule has 1 aromatic heterocycles. The molecule has 2 N–H and O–H groups in total. The standard InChI is InChI=1S/C21H23N3O2/c1-22-21(25)26-15-8-11-19-17(12-15)16-9-10-18(20(16)24(19)2)23-13-14-6-4-3-5-7-14/h3-8,11-12,18,23H,9-10,13H2,1-2H3,(H,22,25). The van der Waals surface area contributed by atoms with Gasteiger partial charge in [-0.2, -0.15) is 0 Å². The molecule has 1 amide bonds. The van der Waals surface area contributed by atoms with E-state index in [0.29, 0.717) is 11.8 Å². The van der Waals surface area contributed by atoms with Gasteiger partial charge in [0.1, 0.15) is 5.75 Å². The van der Waals surface area contributed by atoms with Gasteiger partial charge >= 0.3 is 6.09 Å². The van der Waals surface area contributed by atoms with E-state index < -0.39 is 6.09 Å². The maximum atomic E-state index is 11.5. The van der Waals surface area contributed by atoms with Crippen molar-refractivity contribution in [3.8, 4) is 5.75 Å². The average Bonchev–Trinajstić information content (AvgIpc) is 3.21. The molecule has 0 bridgehead atoms. The van der Waals surface area contributed by atoms with Gasteiger partial charge in [-0.05, 0) is 42.2 Å². The van der Waals surface area contributed by atoms with Crippen molar-refractivity contribution in [3.63, 3.8) is 0 Å². The molecule has 4 rings (SSSR count). The van der Waals surface area contributed by atoms with Gasteiger partial charge < -0.3 is 19.9 Å². The van der Waals surface area contributed by atoms with Crippen LogP contribution in [0.5, 0.6) is 5.75 Å². The lowest BCUT2D eigenvalue weighted by Gasteiger charge is -2.15. The van der Waals surface area contributed by atoms with Crippen LogP contribution in [0.25, 0.3) is 10.9 Å². The van der Waals surface area contributed by atoms with Gasteiger partial charge in [-0.1, -0.05) is 30.3 Å². The topological polar surface area (TPSA) is 55.3 Å². The third kappa shape index (κ3) is 2.95. The first-order valence-electron chi connectivity index (χ1n) is 8.95. The van der Waals surface area contributed by atoms with Gasteiger partial charge in [0.15, 0.2) is 0 Å². The van der Waals surface area contributed by atoms with E-state index in [2.05, 4.69) is 46.5 Å². The number of amides is 1. The van der Waals surface area contributed by atoms with Crippen molar-refractivity contribution in [1.82, 2.24) is 15.2 Å². The predicted octanol–water partition coefficient (Wildman–Crippen LogP) is 3.67. The SMILES string of the molecule is CNC(=O)Oc1ccc2c(c1)c1c(n2C)C(NCc2ccccc2)CC1. The first kappa shape index (κ1) is 16.7. The van der Waals surface area contributed by atoms with Gasteiger partial charge in [0.05, 0.1) is 0 Å². The van der Waals surface area contributed by atoms with E-state index in [1.54, 1.807) is 7.05 Å². The number of carbonyl (C=O) groups is 1. The predicted molar refractivity (Wildman–Crippen MR) is 102 cm³/mol. The summed E-state index contributed by atoms with van der Waals surface area (Å²) in [7, 11) is 3.67. The van der Waals surface area contributed by atoms with Crippen molar-refractivity contribution >= 4 is 17.0 Å². The van der Waals surface area contributed by atoms with Crippen molar-refractivity contribution in [2.45, 2.75) is 25.4 Å². The van der Waals surface area contributed by atoms with Crippen LogP contribution in [0.15, 0.2) is 48.5 Å². The Morgan fingerprint density at radius 1 is 1.23 bits per heavy atom. The lowest BCUT2D eigenvalue weighted by Crippen LogP contribution is -2.21. The summed E-state index contributed by atoms with van der Waals surface area (Å²) in [5.41, 5.74) is 5.16. The van der Waals surface area contributed by atoms with Crippen LogP contribution in [0.3, 0.4) is 0 Å². The lowest BCUT2D eigenvalue weighted by molar-refractivity contribution is 0.203. The second kappa shape index (κ2) is 6.84. The Hall–Kier alpha value is -2.79. The van der Waals surface area contributed by atoms with Crippen LogP contribution >= 0.6 is 0 Å². The van der Waals surface area contributed by atoms with Crippen molar-refractivity contribution < 1.29 is 9.53 Å². The number of aromatic nitrogens is 1. The summed E-state index contributed by atoms with van der Waals surface area (Å²) in [6.07, 6.45) is 1.67. The fourth-order valence-corrected chi connectivity index (χ4v) is 3.91. The van der Waals surface area contributed by atoms with E-state index in [9.17, 15) is 4.79 Å². The Kier molecular flexibility index (Phi) is 4.39. The summed E-state index contributed by atoms with van der Waals surface area (Å²) in [5, 5.41) is 7.35. The molecular weight excluding hydrogens is 326 g/mol. The van der Waals surface area contributed by atoms with Crippen LogP contribution in [0, 0.1) is 0 Å². The molecule has 134 valence electrons. The minimum absolute atomic E-state index is 0.339. The number of nitrogens with zero attached hydrogens (tertiary/aromatic N) is 1. The van der Waals surface area contributed by atoms with Gasteiger partial charge in [0, 0.05) is 43.3 Å². The zero-order chi connectivity index (χ0) is 18.1. The molecule has 0 aliphatic heterocycles. The summed E-state index contributed by atoms with van der Waals surface area (Å²) in [6, 6.07) is 16.7. The first-order chi connectivity index (χ1) is 12.7. The molecule has 1 aliphatic rings. The van der Waals surface area contributed by atoms with E-state index in [-0.39, 0.29) is 0 Å². The number of carbonyl (C=O) groups excluding carboxylic acids is 1.